The van der Waals surface area contributed by atoms with Crippen LogP contribution in [-0.2, 0) is 5.41 Å². The topological polar surface area (TPSA) is 12.9 Å². The molecule has 0 spiro atoms. The van der Waals surface area contributed by atoms with E-state index in [9.17, 15) is 0 Å². The van der Waals surface area contributed by atoms with E-state index in [0.29, 0.717) is 0 Å². The Labute approximate surface area is 351 Å². The first-order valence-corrected chi connectivity index (χ1v) is 21.7. The maximum absolute atomic E-state index is 5.56. The zero-order chi connectivity index (χ0) is 39.7. The molecule has 13 rings (SSSR count). The highest BCUT2D eigenvalue weighted by Gasteiger charge is 2.35. The lowest BCUT2D eigenvalue weighted by molar-refractivity contribution is 0.660. The molecule has 0 radical (unpaired) electrons. The number of pyridine rings is 1. The summed E-state index contributed by atoms with van der Waals surface area (Å²) in [5.41, 5.74) is 11.9. The second kappa shape index (κ2) is 12.4. The lowest BCUT2D eigenvalue weighted by Crippen LogP contribution is -2.14. The van der Waals surface area contributed by atoms with Gasteiger partial charge in [0.2, 0.25) is 0 Å². The summed E-state index contributed by atoms with van der Waals surface area (Å²) >= 11 is 1.88. The molecule has 10 aromatic carbocycles. The molecule has 0 aliphatic heterocycles. The van der Waals surface area contributed by atoms with Crippen LogP contribution in [0.5, 0.6) is 0 Å². The maximum atomic E-state index is 5.56. The fourth-order valence-electron chi connectivity index (χ4n) is 10.5. The van der Waals surface area contributed by atoms with Crippen molar-refractivity contribution in [2.24, 2.45) is 0 Å². The Morgan fingerprint density at radius 1 is 0.350 bits per heavy atom. The summed E-state index contributed by atoms with van der Waals surface area (Å²) in [6.07, 6.45) is 0. The van der Waals surface area contributed by atoms with Crippen molar-refractivity contribution < 1.29 is 0 Å². The fourth-order valence-corrected chi connectivity index (χ4v) is 11.7. The van der Waals surface area contributed by atoms with Crippen LogP contribution in [0.1, 0.15) is 25.0 Å². The van der Waals surface area contributed by atoms with Gasteiger partial charge in [0.25, 0.3) is 0 Å². The third-order valence-corrected chi connectivity index (χ3v) is 14.5. The van der Waals surface area contributed by atoms with E-state index in [1.54, 1.807) is 0 Å². The molecule has 12 aromatic rings. The number of hydrogen-bond donors (Lipinski definition) is 0. The molecule has 280 valence electrons. The van der Waals surface area contributed by atoms with E-state index in [-0.39, 0.29) is 5.41 Å². The Hall–Kier alpha value is -7.13. The average Bonchev–Trinajstić information content (AvgIpc) is 3.77. The van der Waals surface area contributed by atoms with Gasteiger partial charge in [-0.05, 0) is 130 Å². The molecule has 2 heterocycles. The molecule has 60 heavy (non-hydrogen) atoms. The number of nitrogens with zero attached hydrogens (tertiary/aromatic N) is 1. The minimum Gasteiger partial charge on any atom is -0.248 e. The largest absolute Gasteiger partial charge is 0.248 e. The average molecular weight is 780 g/mol. The normalized spacial score (nSPS) is 13.3. The van der Waals surface area contributed by atoms with Gasteiger partial charge in [0.05, 0.1) is 11.4 Å². The van der Waals surface area contributed by atoms with Gasteiger partial charge < -0.3 is 0 Å². The first kappa shape index (κ1) is 33.8. The smallest absolute Gasteiger partial charge is 0.0716 e. The van der Waals surface area contributed by atoms with E-state index in [0.717, 1.165) is 22.5 Å². The molecular formula is C58H37NS. The van der Waals surface area contributed by atoms with Crippen molar-refractivity contribution in [2.75, 3.05) is 0 Å². The minimum absolute atomic E-state index is 0.0571. The van der Waals surface area contributed by atoms with Gasteiger partial charge in [-0.2, -0.15) is 0 Å². The number of aromatic nitrogens is 1. The third kappa shape index (κ3) is 4.83. The molecule has 1 aliphatic rings. The zero-order valence-corrected chi connectivity index (χ0v) is 34.1. The van der Waals surface area contributed by atoms with E-state index in [2.05, 4.69) is 202 Å². The summed E-state index contributed by atoms with van der Waals surface area (Å²) in [7, 11) is 0. The van der Waals surface area contributed by atoms with Crippen molar-refractivity contribution >= 4 is 85.4 Å². The van der Waals surface area contributed by atoms with E-state index in [1.165, 1.54) is 107 Å². The van der Waals surface area contributed by atoms with Gasteiger partial charge in [-0.1, -0.05) is 159 Å². The fraction of sp³-hybridized carbons (Fsp3) is 0.0517. The number of thiophene rings is 1. The molecule has 0 amide bonds. The highest BCUT2D eigenvalue weighted by molar-refractivity contribution is 7.26. The molecule has 0 atom stereocenters. The van der Waals surface area contributed by atoms with Gasteiger partial charge in [0, 0.05) is 36.7 Å². The van der Waals surface area contributed by atoms with Crippen LogP contribution in [0.15, 0.2) is 188 Å². The van der Waals surface area contributed by atoms with Crippen LogP contribution in [0.2, 0.25) is 0 Å². The summed E-state index contributed by atoms with van der Waals surface area (Å²) in [5.74, 6) is 0. The number of hydrogen-bond acceptors (Lipinski definition) is 2. The summed E-state index contributed by atoms with van der Waals surface area (Å²) in [6.45, 7) is 4.69. The van der Waals surface area contributed by atoms with Crippen molar-refractivity contribution in [3.05, 3.63) is 199 Å². The Kier molecular flexibility index (Phi) is 7.01. The molecule has 0 unspecified atom stereocenters. The molecule has 0 bridgehead atoms. The predicted octanol–water partition coefficient (Wildman–Crippen LogP) is 16.5. The maximum Gasteiger partial charge on any atom is 0.0716 e. The summed E-state index contributed by atoms with van der Waals surface area (Å²) in [5, 5.41) is 15.4. The monoisotopic (exact) mass is 779 g/mol. The summed E-state index contributed by atoms with van der Waals surface area (Å²) in [6, 6.07) is 70.0. The van der Waals surface area contributed by atoms with E-state index >= 15 is 0 Å². The van der Waals surface area contributed by atoms with Crippen LogP contribution in [0.25, 0.3) is 119 Å². The van der Waals surface area contributed by atoms with Crippen molar-refractivity contribution in [2.45, 2.75) is 19.3 Å². The molecular weight excluding hydrogens is 743 g/mol. The SMILES string of the molecule is CC1(C)c2ccccc2-c2cc(-c3cc(-c4c5ccccc5cc5ccccc45)cc(-c4ccc5c(c4)sc4cc6c7ccccc7c7ccccc7c6cc45)n3)ccc21. The van der Waals surface area contributed by atoms with Gasteiger partial charge in [0.15, 0.2) is 0 Å². The molecule has 0 fully saturated rings. The van der Waals surface area contributed by atoms with Crippen molar-refractivity contribution in [1.82, 2.24) is 4.98 Å². The lowest BCUT2D eigenvalue weighted by atomic mass is 9.82. The van der Waals surface area contributed by atoms with Gasteiger partial charge in [0.1, 0.15) is 0 Å². The highest BCUT2D eigenvalue weighted by atomic mass is 32.1. The van der Waals surface area contributed by atoms with Crippen LogP contribution in [0.4, 0.5) is 0 Å². The zero-order valence-electron chi connectivity index (χ0n) is 33.3. The van der Waals surface area contributed by atoms with Crippen LogP contribution in [-0.4, -0.2) is 4.98 Å². The highest BCUT2D eigenvalue weighted by Crippen LogP contribution is 2.50. The quantitative estimate of drug-likeness (QED) is 0.129. The minimum atomic E-state index is -0.0571. The molecule has 2 aromatic heterocycles. The van der Waals surface area contributed by atoms with Gasteiger partial charge in [-0.15, -0.1) is 11.3 Å². The molecule has 0 saturated carbocycles. The number of fused-ring (bicyclic) bond motifs is 14. The number of benzene rings is 10. The molecule has 2 heteroatoms. The van der Waals surface area contributed by atoms with Crippen LogP contribution >= 0.6 is 11.3 Å². The lowest BCUT2D eigenvalue weighted by Gasteiger charge is -2.21. The predicted molar refractivity (Wildman–Crippen MR) is 259 cm³/mol. The van der Waals surface area contributed by atoms with Crippen molar-refractivity contribution in [3.8, 4) is 44.8 Å². The van der Waals surface area contributed by atoms with Gasteiger partial charge in [-0.3, -0.25) is 0 Å². The van der Waals surface area contributed by atoms with Crippen LogP contribution < -0.4 is 0 Å². The van der Waals surface area contributed by atoms with Crippen LogP contribution in [0.3, 0.4) is 0 Å². The third-order valence-electron chi connectivity index (χ3n) is 13.4. The first-order valence-electron chi connectivity index (χ1n) is 20.9. The molecule has 0 saturated heterocycles. The Bertz CT molecular complexity index is 3760. The Morgan fingerprint density at radius 3 is 1.55 bits per heavy atom. The summed E-state index contributed by atoms with van der Waals surface area (Å²) in [4.78, 5) is 5.56. The molecule has 0 N–H and O–H groups in total. The van der Waals surface area contributed by atoms with Gasteiger partial charge >= 0.3 is 0 Å². The second-order valence-electron chi connectivity index (χ2n) is 17.0. The second-order valence-corrected chi connectivity index (χ2v) is 18.1. The Balaban J connectivity index is 1.05. The van der Waals surface area contributed by atoms with E-state index in [4.69, 9.17) is 4.98 Å². The Morgan fingerprint density at radius 2 is 0.867 bits per heavy atom. The van der Waals surface area contributed by atoms with Crippen molar-refractivity contribution in [1.29, 1.82) is 0 Å². The van der Waals surface area contributed by atoms with E-state index in [1.807, 2.05) is 11.3 Å². The van der Waals surface area contributed by atoms with Gasteiger partial charge in [-0.25, -0.2) is 4.98 Å². The summed E-state index contributed by atoms with van der Waals surface area (Å²) < 4.78 is 2.58. The molecule has 1 aliphatic carbocycles. The van der Waals surface area contributed by atoms with Crippen LogP contribution in [0, 0.1) is 0 Å². The van der Waals surface area contributed by atoms with Crippen molar-refractivity contribution in [3.63, 3.8) is 0 Å². The van der Waals surface area contributed by atoms with E-state index < -0.39 is 0 Å². The standard InChI is InChI=1S/C58H37NS/c1-58(2)51-22-12-11-21-45(51)49-28-36(24-26-52(49)58)53-29-38(57-39-15-5-3-13-34(39)27-35-14-4-6-16-40(35)57)30-54(59-53)37-23-25-46-50-32-47-43-19-9-7-17-41(43)42-18-8-10-20-44(42)48(47)33-56(50)60-55(46)31-37/h3-33H,1-2H3. The number of rotatable bonds is 3. The molecule has 1 nitrogen and oxygen atoms in total. The first-order chi connectivity index (χ1) is 29.5.